The molecule has 1 heterocycles. The molecule has 0 aliphatic carbocycles. The molecule has 1 aromatic carbocycles. The number of nitro groups is 1. The second kappa shape index (κ2) is 4.18. The summed E-state index contributed by atoms with van der Waals surface area (Å²) < 4.78 is 14.9. The molecule has 10 heteroatoms. The highest BCUT2D eigenvalue weighted by Crippen LogP contribution is 2.27. The van der Waals surface area contributed by atoms with E-state index in [1.54, 1.807) is 0 Å². The summed E-state index contributed by atoms with van der Waals surface area (Å²) in [5.41, 5.74) is -1.56. The molecule has 0 unspecified atom stereocenters. The minimum Gasteiger partial charge on any atom is -0.258 e. The van der Waals surface area contributed by atoms with E-state index in [1.165, 1.54) is 7.05 Å². The molecule has 8 nitrogen and oxygen atoms in total. The maximum Gasteiger partial charge on any atom is 0.368 e. The molecule has 0 atom stereocenters. The number of aromatic nitrogens is 4. The maximum atomic E-state index is 13.2. The van der Waals surface area contributed by atoms with Gasteiger partial charge < -0.3 is 0 Å². The van der Waals surface area contributed by atoms with Crippen molar-refractivity contribution in [1.82, 2.24) is 19.8 Å². The highest BCUT2D eigenvalue weighted by atomic mass is 35.5. The molecule has 0 spiro atoms. The van der Waals surface area contributed by atoms with E-state index in [1.807, 2.05) is 0 Å². The monoisotopic (exact) mass is 273 g/mol. The normalized spacial score (nSPS) is 10.6. The number of tetrazole rings is 1. The van der Waals surface area contributed by atoms with E-state index >= 15 is 0 Å². The third-order valence-corrected chi connectivity index (χ3v) is 2.47. The second-order valence-corrected chi connectivity index (χ2v) is 3.72. The molecule has 0 amide bonds. The van der Waals surface area contributed by atoms with Crippen LogP contribution < -0.4 is 5.69 Å². The third-order valence-electron chi connectivity index (χ3n) is 2.16. The van der Waals surface area contributed by atoms with Crippen LogP contribution in [0.25, 0.3) is 5.69 Å². The molecule has 0 aliphatic heterocycles. The first-order chi connectivity index (χ1) is 8.41. The Hall–Kier alpha value is -2.29. The van der Waals surface area contributed by atoms with Crippen LogP contribution in [0.15, 0.2) is 16.9 Å². The fourth-order valence-corrected chi connectivity index (χ4v) is 1.52. The lowest BCUT2D eigenvalue weighted by Crippen LogP contribution is -2.22. The summed E-state index contributed by atoms with van der Waals surface area (Å²) in [4.78, 5) is 21.2. The number of hydrogen-bond acceptors (Lipinski definition) is 5. The van der Waals surface area contributed by atoms with Gasteiger partial charge in [0.15, 0.2) is 0 Å². The zero-order valence-corrected chi connectivity index (χ0v) is 9.63. The van der Waals surface area contributed by atoms with Crippen molar-refractivity contribution >= 4 is 17.3 Å². The van der Waals surface area contributed by atoms with Crippen molar-refractivity contribution in [3.63, 3.8) is 0 Å². The number of rotatable bonds is 2. The Labute approximate surface area is 103 Å². The summed E-state index contributed by atoms with van der Waals surface area (Å²) in [6.45, 7) is 0. The Morgan fingerprint density at radius 3 is 2.61 bits per heavy atom. The molecule has 0 saturated heterocycles. The van der Waals surface area contributed by atoms with Gasteiger partial charge in [-0.2, -0.15) is 13.8 Å². The van der Waals surface area contributed by atoms with Crippen LogP contribution in [0.5, 0.6) is 0 Å². The van der Waals surface area contributed by atoms with Gasteiger partial charge in [0.25, 0.3) is 0 Å². The number of halogens is 2. The molecule has 18 heavy (non-hydrogen) atoms. The van der Waals surface area contributed by atoms with Gasteiger partial charge in [-0.15, -0.1) is 0 Å². The lowest BCUT2D eigenvalue weighted by molar-refractivity contribution is -0.387. The van der Waals surface area contributed by atoms with Gasteiger partial charge in [-0.3, -0.25) is 10.1 Å². The van der Waals surface area contributed by atoms with Crippen molar-refractivity contribution < 1.29 is 9.31 Å². The molecule has 0 saturated carbocycles. The fraction of sp³-hybridized carbons (Fsp3) is 0.125. The highest BCUT2D eigenvalue weighted by molar-refractivity contribution is 6.32. The first-order valence-electron chi connectivity index (χ1n) is 4.54. The van der Waals surface area contributed by atoms with E-state index in [9.17, 15) is 19.3 Å². The molecule has 2 rings (SSSR count). The van der Waals surface area contributed by atoms with Gasteiger partial charge in [-0.1, -0.05) is 11.6 Å². The smallest absolute Gasteiger partial charge is 0.258 e. The molecule has 94 valence electrons. The van der Waals surface area contributed by atoms with Crippen LogP contribution >= 0.6 is 11.6 Å². The highest BCUT2D eigenvalue weighted by Gasteiger charge is 2.20. The topological polar surface area (TPSA) is 95.8 Å². The Morgan fingerprint density at radius 2 is 2.11 bits per heavy atom. The average Bonchev–Trinajstić information content (AvgIpc) is 2.60. The molecule has 0 N–H and O–H groups in total. The zero-order chi connectivity index (χ0) is 13.4. The molecule has 0 aliphatic rings. The summed E-state index contributed by atoms with van der Waals surface area (Å²) >= 11 is 5.72. The first kappa shape index (κ1) is 12.2. The van der Waals surface area contributed by atoms with E-state index in [-0.39, 0.29) is 10.7 Å². The van der Waals surface area contributed by atoms with Crippen molar-refractivity contribution in [1.29, 1.82) is 0 Å². The van der Waals surface area contributed by atoms with Crippen molar-refractivity contribution in [2.24, 2.45) is 7.05 Å². The molecule has 0 fully saturated rings. The van der Waals surface area contributed by atoms with Crippen LogP contribution in [0.4, 0.5) is 10.1 Å². The number of benzene rings is 1. The van der Waals surface area contributed by atoms with Gasteiger partial charge in [0.05, 0.1) is 15.6 Å². The molecule has 0 bridgehead atoms. The van der Waals surface area contributed by atoms with Crippen molar-refractivity contribution in [2.75, 3.05) is 0 Å². The van der Waals surface area contributed by atoms with E-state index in [0.29, 0.717) is 0 Å². The largest absolute Gasteiger partial charge is 0.368 e. The summed E-state index contributed by atoms with van der Waals surface area (Å²) in [6, 6.07) is 1.57. The molecule has 2 aromatic rings. The standard InChI is InChI=1S/C8H5ClFN5O3/c1-13-8(16)14(12-11-13)6-3-7(15(17)18)5(10)2-4(6)9/h2-3H,1H3. The van der Waals surface area contributed by atoms with Gasteiger partial charge in [0.1, 0.15) is 0 Å². The summed E-state index contributed by atoms with van der Waals surface area (Å²) in [5.74, 6) is -1.09. The Kier molecular flexibility index (Phi) is 2.83. The fourth-order valence-electron chi connectivity index (χ4n) is 1.29. The third kappa shape index (κ3) is 1.84. The van der Waals surface area contributed by atoms with Crippen LogP contribution in [0.3, 0.4) is 0 Å². The number of nitrogens with zero attached hydrogens (tertiary/aromatic N) is 5. The lowest BCUT2D eigenvalue weighted by Gasteiger charge is -2.02. The molecule has 0 radical (unpaired) electrons. The molecular weight excluding hydrogens is 269 g/mol. The average molecular weight is 274 g/mol. The Bertz CT molecular complexity index is 695. The zero-order valence-electron chi connectivity index (χ0n) is 8.87. The van der Waals surface area contributed by atoms with Crippen LogP contribution in [0, 0.1) is 15.9 Å². The van der Waals surface area contributed by atoms with Crippen LogP contribution in [0.1, 0.15) is 0 Å². The molecular formula is C8H5ClFN5O3. The van der Waals surface area contributed by atoms with E-state index < -0.39 is 22.1 Å². The van der Waals surface area contributed by atoms with Crippen LogP contribution in [-0.2, 0) is 7.05 Å². The van der Waals surface area contributed by atoms with Crippen molar-refractivity contribution in [2.45, 2.75) is 0 Å². The summed E-state index contributed by atoms with van der Waals surface area (Å²) in [7, 11) is 1.34. The van der Waals surface area contributed by atoms with Gasteiger partial charge >= 0.3 is 11.4 Å². The second-order valence-electron chi connectivity index (χ2n) is 3.31. The Balaban J connectivity index is 2.72. The maximum absolute atomic E-state index is 13.2. The lowest BCUT2D eigenvalue weighted by atomic mass is 10.2. The minimum atomic E-state index is -1.09. The van der Waals surface area contributed by atoms with E-state index in [4.69, 9.17) is 11.6 Å². The van der Waals surface area contributed by atoms with E-state index in [0.717, 1.165) is 21.5 Å². The van der Waals surface area contributed by atoms with Gasteiger partial charge in [-0.05, 0) is 10.4 Å². The number of aryl methyl sites for hydroxylation is 1. The first-order valence-corrected chi connectivity index (χ1v) is 4.92. The predicted molar refractivity (Wildman–Crippen MR) is 58.2 cm³/mol. The van der Waals surface area contributed by atoms with Gasteiger partial charge in [0, 0.05) is 19.2 Å². The predicted octanol–water partition coefficient (Wildman–Crippen LogP) is 0.667. The quantitative estimate of drug-likeness (QED) is 0.592. The van der Waals surface area contributed by atoms with Gasteiger partial charge in [-0.25, -0.2) is 4.79 Å². The minimum absolute atomic E-state index is 0.108. The summed E-state index contributed by atoms with van der Waals surface area (Å²) in [5, 5.41) is 17.3. The Morgan fingerprint density at radius 1 is 1.44 bits per heavy atom. The summed E-state index contributed by atoms with van der Waals surface area (Å²) in [6.07, 6.45) is 0. The number of nitro benzene ring substituents is 1. The molecule has 1 aromatic heterocycles. The van der Waals surface area contributed by atoms with Crippen molar-refractivity contribution in [3.05, 3.63) is 43.6 Å². The number of hydrogen-bond donors (Lipinski definition) is 0. The SMILES string of the molecule is Cn1nnn(-c2cc([N+](=O)[O-])c(F)cc2Cl)c1=O. The van der Waals surface area contributed by atoms with E-state index in [2.05, 4.69) is 10.4 Å². The van der Waals surface area contributed by atoms with Crippen molar-refractivity contribution in [3.8, 4) is 5.69 Å². The van der Waals surface area contributed by atoms with Crippen LogP contribution in [0.2, 0.25) is 5.02 Å². The van der Waals surface area contributed by atoms with Gasteiger partial charge in [0.2, 0.25) is 5.82 Å². The van der Waals surface area contributed by atoms with Crippen LogP contribution in [-0.4, -0.2) is 24.7 Å².